The van der Waals surface area contributed by atoms with Gasteiger partial charge >= 0.3 is 5.76 Å². The van der Waals surface area contributed by atoms with Crippen molar-refractivity contribution in [3.63, 3.8) is 0 Å². The molecule has 0 radical (unpaired) electrons. The van der Waals surface area contributed by atoms with Crippen LogP contribution in [-0.4, -0.2) is 47.6 Å². The number of aromatic nitrogens is 1. The molecule has 0 N–H and O–H groups in total. The van der Waals surface area contributed by atoms with Gasteiger partial charge in [-0.1, -0.05) is 6.07 Å². The van der Waals surface area contributed by atoms with Gasteiger partial charge in [-0.3, -0.25) is 9.47 Å². The summed E-state index contributed by atoms with van der Waals surface area (Å²) in [5, 5.41) is 0. The maximum Gasteiger partial charge on any atom is 0.419 e. The van der Waals surface area contributed by atoms with Gasteiger partial charge in [0, 0.05) is 26.7 Å². The molecule has 0 bridgehead atoms. The molecule has 2 aliphatic rings. The third kappa shape index (κ3) is 2.29. The van der Waals surface area contributed by atoms with Gasteiger partial charge in [0.05, 0.1) is 5.52 Å². The van der Waals surface area contributed by atoms with Crippen LogP contribution < -0.4 is 5.76 Å². The lowest BCUT2D eigenvalue weighted by Crippen LogP contribution is -2.29. The second-order valence-electron chi connectivity index (χ2n) is 7.18. The van der Waals surface area contributed by atoms with Crippen molar-refractivity contribution >= 4 is 11.1 Å². The molecule has 1 unspecified atom stereocenters. The Morgan fingerprint density at radius 1 is 1.18 bits per heavy atom. The van der Waals surface area contributed by atoms with Gasteiger partial charge in [0.1, 0.15) is 0 Å². The monoisotopic (exact) mass is 301 g/mol. The molecule has 3 heterocycles. The average molecular weight is 301 g/mol. The van der Waals surface area contributed by atoms with Crippen molar-refractivity contribution in [3.8, 4) is 0 Å². The number of hydrogen-bond donors (Lipinski definition) is 0. The first-order valence-electron chi connectivity index (χ1n) is 8.04. The fourth-order valence-electron chi connectivity index (χ4n) is 4.19. The molecule has 1 atom stereocenters. The molecule has 0 amide bonds. The van der Waals surface area contributed by atoms with Gasteiger partial charge in [0.2, 0.25) is 0 Å². The molecule has 1 aromatic heterocycles. The Bertz CT molecular complexity index is 763. The van der Waals surface area contributed by atoms with Crippen molar-refractivity contribution in [3.05, 3.63) is 34.3 Å². The lowest BCUT2D eigenvalue weighted by Gasteiger charge is -2.23. The second kappa shape index (κ2) is 4.96. The third-order valence-electron chi connectivity index (χ3n) is 5.41. The highest BCUT2D eigenvalue weighted by molar-refractivity contribution is 5.73. The molecular weight excluding hydrogens is 278 g/mol. The van der Waals surface area contributed by atoms with Crippen LogP contribution in [-0.2, 0) is 13.6 Å². The van der Waals surface area contributed by atoms with E-state index in [1.54, 1.807) is 11.6 Å². The fraction of sp³-hybridized carbons (Fsp3) is 0.588. The van der Waals surface area contributed by atoms with Gasteiger partial charge in [0.25, 0.3) is 0 Å². The van der Waals surface area contributed by atoms with Crippen LogP contribution in [0.3, 0.4) is 0 Å². The molecule has 5 nitrogen and oxygen atoms in total. The molecule has 1 spiro atoms. The van der Waals surface area contributed by atoms with Gasteiger partial charge in [-0.2, -0.15) is 0 Å². The molecule has 22 heavy (non-hydrogen) atoms. The van der Waals surface area contributed by atoms with E-state index in [4.69, 9.17) is 4.42 Å². The SMILES string of the molecule is CN1CCC2(CCN(Cc3ccc4c(c3)oc(=O)n4C)C2)C1. The largest absolute Gasteiger partial charge is 0.419 e. The number of benzene rings is 1. The molecule has 118 valence electrons. The molecule has 0 aliphatic carbocycles. The van der Waals surface area contributed by atoms with Crippen LogP contribution >= 0.6 is 0 Å². The van der Waals surface area contributed by atoms with Crippen LogP contribution in [0.5, 0.6) is 0 Å². The van der Waals surface area contributed by atoms with Crippen molar-refractivity contribution in [1.82, 2.24) is 14.4 Å². The van der Waals surface area contributed by atoms with Crippen molar-refractivity contribution in [2.75, 3.05) is 33.2 Å². The number of fused-ring (bicyclic) bond motifs is 1. The summed E-state index contributed by atoms with van der Waals surface area (Å²) in [5.74, 6) is -0.290. The number of likely N-dealkylation sites (tertiary alicyclic amines) is 2. The number of aryl methyl sites for hydroxylation is 1. The van der Waals surface area contributed by atoms with Crippen molar-refractivity contribution in [2.24, 2.45) is 12.5 Å². The minimum Gasteiger partial charge on any atom is -0.408 e. The maximum atomic E-state index is 11.6. The summed E-state index contributed by atoms with van der Waals surface area (Å²) in [6.45, 7) is 5.77. The maximum absolute atomic E-state index is 11.6. The molecule has 2 fully saturated rings. The summed E-state index contributed by atoms with van der Waals surface area (Å²) in [7, 11) is 3.97. The highest BCUT2D eigenvalue weighted by atomic mass is 16.4. The minimum atomic E-state index is -0.290. The number of rotatable bonds is 2. The van der Waals surface area contributed by atoms with E-state index in [0.717, 1.165) is 12.1 Å². The van der Waals surface area contributed by atoms with Gasteiger partial charge in [0.15, 0.2) is 5.58 Å². The first-order valence-corrected chi connectivity index (χ1v) is 8.04. The summed E-state index contributed by atoms with van der Waals surface area (Å²) >= 11 is 0. The molecule has 0 saturated carbocycles. The Balaban J connectivity index is 1.51. The molecule has 1 aromatic carbocycles. The Kier molecular flexibility index (Phi) is 3.16. The van der Waals surface area contributed by atoms with Gasteiger partial charge in [-0.25, -0.2) is 4.79 Å². The van der Waals surface area contributed by atoms with Crippen LogP contribution in [0.2, 0.25) is 0 Å². The summed E-state index contributed by atoms with van der Waals surface area (Å²) < 4.78 is 6.85. The zero-order valence-electron chi connectivity index (χ0n) is 13.3. The molecule has 2 saturated heterocycles. The average Bonchev–Trinajstić information content (AvgIpc) is 3.12. The lowest BCUT2D eigenvalue weighted by atomic mass is 9.86. The van der Waals surface area contributed by atoms with Crippen LogP contribution in [0, 0.1) is 5.41 Å². The predicted molar refractivity (Wildman–Crippen MR) is 85.9 cm³/mol. The Morgan fingerprint density at radius 3 is 2.77 bits per heavy atom. The number of oxazole rings is 1. The standard InChI is InChI=1S/C17H23N3O2/c1-18-7-5-17(11-18)6-8-20(12-17)10-13-3-4-14-15(9-13)22-16(21)19(14)2/h3-4,9H,5-8,10-12H2,1-2H3. The van der Waals surface area contributed by atoms with Gasteiger partial charge in [-0.05, 0) is 56.1 Å². The van der Waals surface area contributed by atoms with Gasteiger partial charge < -0.3 is 9.32 Å². The summed E-state index contributed by atoms with van der Waals surface area (Å²) in [4.78, 5) is 16.6. The van der Waals surface area contributed by atoms with E-state index in [2.05, 4.69) is 22.9 Å². The van der Waals surface area contributed by atoms with E-state index in [1.165, 1.54) is 44.6 Å². The first-order chi connectivity index (χ1) is 10.5. The molecule has 5 heteroatoms. The summed E-state index contributed by atoms with van der Waals surface area (Å²) in [6, 6.07) is 6.12. The van der Waals surface area contributed by atoms with E-state index in [-0.39, 0.29) is 5.76 Å². The van der Waals surface area contributed by atoms with Crippen LogP contribution in [0.25, 0.3) is 11.1 Å². The second-order valence-corrected chi connectivity index (χ2v) is 7.18. The highest BCUT2D eigenvalue weighted by Gasteiger charge is 2.42. The molecule has 4 rings (SSSR count). The van der Waals surface area contributed by atoms with E-state index in [9.17, 15) is 4.79 Å². The number of nitrogens with zero attached hydrogens (tertiary/aromatic N) is 3. The molecule has 2 aliphatic heterocycles. The zero-order chi connectivity index (χ0) is 15.3. The summed E-state index contributed by atoms with van der Waals surface area (Å²) in [6.07, 6.45) is 2.63. The number of hydrogen-bond acceptors (Lipinski definition) is 4. The molecular formula is C17H23N3O2. The molecule has 2 aromatic rings. The van der Waals surface area contributed by atoms with Crippen LogP contribution in [0.4, 0.5) is 0 Å². The van der Waals surface area contributed by atoms with E-state index >= 15 is 0 Å². The highest BCUT2D eigenvalue weighted by Crippen LogP contribution is 2.39. The topological polar surface area (TPSA) is 41.6 Å². The van der Waals surface area contributed by atoms with Gasteiger partial charge in [-0.15, -0.1) is 0 Å². The normalized spacial score (nSPS) is 26.6. The predicted octanol–water partition coefficient (Wildman–Crippen LogP) is 1.66. The fourth-order valence-corrected chi connectivity index (χ4v) is 4.19. The smallest absolute Gasteiger partial charge is 0.408 e. The lowest BCUT2D eigenvalue weighted by molar-refractivity contribution is 0.250. The van der Waals surface area contributed by atoms with E-state index in [0.29, 0.717) is 11.0 Å². The zero-order valence-corrected chi connectivity index (χ0v) is 13.3. The van der Waals surface area contributed by atoms with Crippen molar-refractivity contribution in [1.29, 1.82) is 0 Å². The van der Waals surface area contributed by atoms with E-state index in [1.807, 2.05) is 12.1 Å². The third-order valence-corrected chi connectivity index (χ3v) is 5.41. The Morgan fingerprint density at radius 2 is 2.00 bits per heavy atom. The first kappa shape index (κ1) is 14.0. The Labute approximate surface area is 130 Å². The van der Waals surface area contributed by atoms with Crippen molar-refractivity contribution in [2.45, 2.75) is 19.4 Å². The van der Waals surface area contributed by atoms with Crippen LogP contribution in [0.15, 0.2) is 27.4 Å². The quantitative estimate of drug-likeness (QED) is 0.846. The summed E-state index contributed by atoms with van der Waals surface area (Å²) in [5.41, 5.74) is 3.30. The minimum absolute atomic E-state index is 0.290. The van der Waals surface area contributed by atoms with Crippen molar-refractivity contribution < 1.29 is 4.42 Å². The Hall–Kier alpha value is -1.59. The van der Waals surface area contributed by atoms with E-state index < -0.39 is 0 Å². The van der Waals surface area contributed by atoms with Crippen LogP contribution in [0.1, 0.15) is 18.4 Å².